The zero-order chi connectivity index (χ0) is 22.8. The first kappa shape index (κ1) is 21.6. The maximum atomic E-state index is 10.9. The molecular formula is C23H20O9. The molecule has 4 unspecified atom stereocenters. The normalized spacial score (nSPS) is 29.0. The lowest BCUT2D eigenvalue weighted by molar-refractivity contribution is -0.155. The van der Waals surface area contributed by atoms with Crippen LogP contribution in [0.4, 0.5) is 0 Å². The van der Waals surface area contributed by atoms with Gasteiger partial charge in [0.15, 0.2) is 0 Å². The van der Waals surface area contributed by atoms with E-state index in [1.807, 2.05) is 12.2 Å². The zero-order valence-electron chi connectivity index (χ0n) is 17.0. The van der Waals surface area contributed by atoms with Gasteiger partial charge < -0.3 is 14.2 Å². The number of ether oxygens (including phenoxy) is 3. The Hall–Kier alpha value is -3.62. The number of hydrogen-bond donors (Lipinski definition) is 0. The minimum absolute atomic E-state index is 0.0903. The van der Waals surface area contributed by atoms with Gasteiger partial charge in [-0.15, -0.1) is 0 Å². The summed E-state index contributed by atoms with van der Waals surface area (Å²) >= 11 is 0. The molecule has 0 N–H and O–H groups in total. The largest absolute Gasteiger partial charge is 0.393 e. The molecule has 0 spiro atoms. The van der Waals surface area contributed by atoms with Crippen molar-refractivity contribution in [1.82, 2.24) is 0 Å². The Kier molecular flexibility index (Phi) is 5.98. The summed E-state index contributed by atoms with van der Waals surface area (Å²) in [6.07, 6.45) is 7.87. The van der Waals surface area contributed by atoms with Gasteiger partial charge in [0.05, 0.1) is 34.8 Å². The van der Waals surface area contributed by atoms with E-state index in [0.29, 0.717) is 24.0 Å². The fraction of sp³-hybridized carbons (Fsp3) is 0.391. The molecule has 0 aromatic heterocycles. The molecule has 0 bridgehead atoms. The first-order chi connectivity index (χ1) is 15.4. The number of carbonyl (C=O) groups is 6. The molecule has 9 nitrogen and oxygen atoms in total. The van der Waals surface area contributed by atoms with E-state index in [9.17, 15) is 28.8 Å². The lowest BCUT2D eigenvalue weighted by Gasteiger charge is -2.12. The summed E-state index contributed by atoms with van der Waals surface area (Å²) in [5, 5.41) is 0. The third-order valence-corrected chi connectivity index (χ3v) is 6.11. The third kappa shape index (κ3) is 4.10. The van der Waals surface area contributed by atoms with Gasteiger partial charge in [-0.3, -0.25) is 19.2 Å². The smallest absolute Gasteiger partial charge is 0.346 e. The van der Waals surface area contributed by atoms with Crippen molar-refractivity contribution in [2.75, 3.05) is 0 Å². The van der Waals surface area contributed by atoms with Crippen LogP contribution < -0.4 is 0 Å². The number of cyclic esters (lactones) is 6. The summed E-state index contributed by atoms with van der Waals surface area (Å²) in [4.78, 5) is 65.2. The highest BCUT2D eigenvalue weighted by molar-refractivity contribution is 6.14. The quantitative estimate of drug-likeness (QED) is 0.258. The van der Waals surface area contributed by atoms with Gasteiger partial charge >= 0.3 is 35.8 Å². The molecule has 2 aliphatic carbocycles. The van der Waals surface area contributed by atoms with Gasteiger partial charge in [-0.25, -0.2) is 9.59 Å². The van der Waals surface area contributed by atoms with Crippen LogP contribution in [0.1, 0.15) is 52.8 Å². The molecule has 4 atom stereocenters. The van der Waals surface area contributed by atoms with Gasteiger partial charge in [-0.2, -0.15) is 0 Å². The van der Waals surface area contributed by atoms with E-state index in [1.54, 1.807) is 24.3 Å². The molecule has 1 saturated carbocycles. The second-order valence-corrected chi connectivity index (χ2v) is 8.00. The van der Waals surface area contributed by atoms with Crippen LogP contribution in [0.5, 0.6) is 0 Å². The summed E-state index contributed by atoms with van der Waals surface area (Å²) in [6, 6.07) is 6.53. The molecule has 3 heterocycles. The van der Waals surface area contributed by atoms with Gasteiger partial charge in [0.25, 0.3) is 0 Å². The van der Waals surface area contributed by atoms with Crippen molar-refractivity contribution in [2.45, 2.75) is 32.1 Å². The first-order valence-electron chi connectivity index (χ1n) is 10.4. The number of hydrogen-bond acceptors (Lipinski definition) is 9. The summed E-state index contributed by atoms with van der Waals surface area (Å²) in [7, 11) is 0. The minimum Gasteiger partial charge on any atom is -0.393 e. The third-order valence-electron chi connectivity index (χ3n) is 6.11. The predicted molar refractivity (Wildman–Crippen MR) is 105 cm³/mol. The Morgan fingerprint density at radius 3 is 1.41 bits per heavy atom. The van der Waals surface area contributed by atoms with E-state index in [2.05, 4.69) is 14.2 Å². The van der Waals surface area contributed by atoms with E-state index in [0.717, 1.165) is 19.3 Å². The molecule has 0 amide bonds. The van der Waals surface area contributed by atoms with Crippen molar-refractivity contribution >= 4 is 35.8 Å². The average molecular weight is 440 g/mol. The lowest BCUT2D eigenvalue weighted by atomic mass is 9.85. The molecular weight excluding hydrogens is 420 g/mol. The number of carbonyl (C=O) groups excluding carboxylic acids is 6. The molecule has 0 radical (unpaired) electrons. The molecule has 3 fully saturated rings. The van der Waals surface area contributed by atoms with Crippen LogP contribution in [-0.2, 0) is 33.4 Å². The second-order valence-electron chi connectivity index (χ2n) is 8.00. The zero-order valence-corrected chi connectivity index (χ0v) is 17.0. The SMILES string of the molecule is O=C1OC(=O)C2CC=CCC12.O=C1OC(=O)C2CCCC12.O=C1OC(=O)c2ccccc21. The Morgan fingerprint density at radius 2 is 0.969 bits per heavy atom. The van der Waals surface area contributed by atoms with E-state index >= 15 is 0 Å². The fourth-order valence-corrected chi connectivity index (χ4v) is 4.39. The van der Waals surface area contributed by atoms with Gasteiger partial charge in [-0.05, 0) is 37.8 Å². The molecule has 6 rings (SSSR count). The van der Waals surface area contributed by atoms with Crippen molar-refractivity contribution in [3.8, 4) is 0 Å². The molecule has 3 aliphatic heterocycles. The molecule has 5 aliphatic rings. The van der Waals surface area contributed by atoms with Crippen molar-refractivity contribution in [3.05, 3.63) is 47.5 Å². The highest BCUT2D eigenvalue weighted by Gasteiger charge is 2.46. The number of fused-ring (bicyclic) bond motifs is 3. The van der Waals surface area contributed by atoms with E-state index in [-0.39, 0.29) is 47.5 Å². The van der Waals surface area contributed by atoms with Gasteiger partial charge in [-0.1, -0.05) is 30.7 Å². The molecule has 166 valence electrons. The van der Waals surface area contributed by atoms with Crippen LogP contribution in [0.2, 0.25) is 0 Å². The highest BCUT2D eigenvalue weighted by atomic mass is 16.6. The van der Waals surface area contributed by atoms with Crippen molar-refractivity contribution < 1.29 is 43.0 Å². The summed E-state index contributed by atoms with van der Waals surface area (Å²) < 4.78 is 13.3. The van der Waals surface area contributed by atoms with Gasteiger partial charge in [0.1, 0.15) is 0 Å². The van der Waals surface area contributed by atoms with Crippen LogP contribution in [0.25, 0.3) is 0 Å². The minimum atomic E-state index is -0.550. The maximum absolute atomic E-state index is 10.9. The number of allylic oxidation sites excluding steroid dienone is 2. The number of rotatable bonds is 0. The van der Waals surface area contributed by atoms with Crippen LogP contribution in [-0.4, -0.2) is 35.8 Å². The number of esters is 6. The lowest BCUT2D eigenvalue weighted by Crippen LogP contribution is -2.18. The van der Waals surface area contributed by atoms with Gasteiger partial charge in [0.2, 0.25) is 0 Å². The second kappa shape index (κ2) is 8.86. The van der Waals surface area contributed by atoms with Crippen molar-refractivity contribution in [2.24, 2.45) is 23.7 Å². The van der Waals surface area contributed by atoms with Gasteiger partial charge in [0, 0.05) is 0 Å². The highest BCUT2D eigenvalue weighted by Crippen LogP contribution is 2.38. The molecule has 32 heavy (non-hydrogen) atoms. The molecule has 1 aromatic rings. The number of benzene rings is 1. The topological polar surface area (TPSA) is 130 Å². The first-order valence-corrected chi connectivity index (χ1v) is 10.4. The Balaban J connectivity index is 0.000000115. The van der Waals surface area contributed by atoms with E-state index < -0.39 is 11.9 Å². The summed E-state index contributed by atoms with van der Waals surface area (Å²) in [5.74, 6) is -2.94. The van der Waals surface area contributed by atoms with Crippen LogP contribution in [0.3, 0.4) is 0 Å². The van der Waals surface area contributed by atoms with Crippen LogP contribution in [0.15, 0.2) is 36.4 Å². The average Bonchev–Trinajstić information content (AvgIpc) is 3.52. The van der Waals surface area contributed by atoms with Crippen LogP contribution >= 0.6 is 0 Å². The molecule has 9 heteroatoms. The Labute approximate surface area is 182 Å². The van der Waals surface area contributed by atoms with Crippen molar-refractivity contribution in [1.29, 1.82) is 0 Å². The monoisotopic (exact) mass is 440 g/mol. The Morgan fingerprint density at radius 1 is 0.562 bits per heavy atom. The van der Waals surface area contributed by atoms with E-state index in [1.165, 1.54) is 0 Å². The fourth-order valence-electron chi connectivity index (χ4n) is 4.39. The predicted octanol–water partition coefficient (Wildman–Crippen LogP) is 2.14. The van der Waals surface area contributed by atoms with Crippen molar-refractivity contribution in [3.63, 3.8) is 0 Å². The Bertz CT molecular complexity index is 961. The maximum Gasteiger partial charge on any atom is 0.346 e. The summed E-state index contributed by atoms with van der Waals surface area (Å²) in [5.41, 5.74) is 0.718. The molecule has 2 saturated heterocycles. The standard InChI is InChI=1S/C8H8O3.C8H4O3.C7H8O3/c2*9-7-5-3-1-2-4-6(5)8(10)11-7;8-6-4-2-1-3-5(4)7(9)10-6/h1-2,5-6H,3-4H2;1-4H;4-5H,1-3H2. The van der Waals surface area contributed by atoms with E-state index in [4.69, 9.17) is 0 Å². The summed E-state index contributed by atoms with van der Waals surface area (Å²) in [6.45, 7) is 0. The molecule has 1 aromatic carbocycles. The van der Waals surface area contributed by atoms with Crippen LogP contribution in [0, 0.1) is 23.7 Å².